The van der Waals surface area contributed by atoms with Gasteiger partial charge in [0.25, 0.3) is 0 Å². The number of carbonyl (C=O) groups is 4. The van der Waals surface area contributed by atoms with Crippen molar-refractivity contribution in [2.75, 3.05) is 39.6 Å². The van der Waals surface area contributed by atoms with Crippen LogP contribution in [0, 0.1) is 0 Å². The van der Waals surface area contributed by atoms with Crippen LogP contribution >= 0.6 is 15.6 Å². The fourth-order valence-corrected chi connectivity index (χ4v) is 11.5. The Kier molecular flexibility index (Phi) is 73.1. The van der Waals surface area contributed by atoms with E-state index in [0.717, 1.165) is 154 Å². The second-order valence-electron chi connectivity index (χ2n) is 25.9. The summed E-state index contributed by atoms with van der Waals surface area (Å²) >= 11 is 0. The van der Waals surface area contributed by atoms with E-state index in [4.69, 9.17) is 37.0 Å². The minimum absolute atomic E-state index is 0.0274. The molecule has 106 heavy (non-hydrogen) atoms. The van der Waals surface area contributed by atoms with Crippen molar-refractivity contribution >= 4 is 39.5 Å². The number of aliphatic hydroxyl groups excluding tert-OH is 1. The summed E-state index contributed by atoms with van der Waals surface area (Å²) in [5.74, 6) is -2.38. The Hall–Kier alpha value is -5.84. The predicted molar refractivity (Wildman–Crippen MR) is 436 cm³/mol. The SMILES string of the molecule is CC/C=C\C/C=C\C/C=C\C/C=C\C/C=C\C/C=C\CCC(=O)OCC(COP(=O)(O)OCC(O)COP(=O)(O)OCC(COC(=O)CCC/C=C\C/C=C\C/C=C\C/C=C\C/C=C\CC)OC(=O)CCCCCCC/C=C\C/C=C\C/C=C\CC)OC(=O)CCCCCCC/C=C\CCCCCCCC. The normalized spacial score (nSPS) is 14.8. The quantitative estimate of drug-likeness (QED) is 0.0169. The third-order valence-corrected chi connectivity index (χ3v) is 17.8. The molecule has 600 valence electrons. The molecule has 0 aliphatic heterocycles. The number of rotatable bonds is 73. The number of phosphoric acid groups is 2. The molecule has 0 spiro atoms. The van der Waals surface area contributed by atoms with Gasteiger partial charge in [0.15, 0.2) is 12.2 Å². The van der Waals surface area contributed by atoms with Gasteiger partial charge in [0.1, 0.15) is 19.3 Å². The Balaban J connectivity index is 5.51. The van der Waals surface area contributed by atoms with Crippen LogP contribution in [0.15, 0.2) is 182 Å². The molecule has 0 saturated heterocycles. The number of carbonyl (C=O) groups excluding carboxylic acids is 4. The summed E-state index contributed by atoms with van der Waals surface area (Å²) in [5, 5.41) is 10.6. The van der Waals surface area contributed by atoms with Gasteiger partial charge in [-0.1, -0.05) is 281 Å². The zero-order valence-electron chi connectivity index (χ0n) is 65.5. The third kappa shape index (κ3) is 76.4. The summed E-state index contributed by atoms with van der Waals surface area (Å²) in [7, 11) is -10.0. The molecule has 0 saturated carbocycles. The minimum Gasteiger partial charge on any atom is -0.462 e. The molecule has 0 radical (unpaired) electrons. The molecule has 5 atom stereocenters. The van der Waals surface area contributed by atoms with Crippen LogP contribution in [0.2, 0.25) is 0 Å². The molecule has 19 heteroatoms. The molecule has 3 N–H and O–H groups in total. The average Bonchev–Trinajstić information content (AvgIpc) is 0.909. The molecule has 0 fully saturated rings. The van der Waals surface area contributed by atoms with Gasteiger partial charge in [0.2, 0.25) is 0 Å². The summed E-state index contributed by atoms with van der Waals surface area (Å²) < 4.78 is 68.5. The Morgan fingerprint density at radius 3 is 0.849 bits per heavy atom. The Morgan fingerprint density at radius 1 is 0.274 bits per heavy atom. The molecular weight excluding hydrogens is 1380 g/mol. The van der Waals surface area contributed by atoms with E-state index in [2.05, 4.69) is 180 Å². The largest absolute Gasteiger partial charge is 0.472 e. The lowest BCUT2D eigenvalue weighted by Crippen LogP contribution is -2.30. The van der Waals surface area contributed by atoms with Crippen LogP contribution in [0.4, 0.5) is 0 Å². The lowest BCUT2D eigenvalue weighted by molar-refractivity contribution is -0.161. The van der Waals surface area contributed by atoms with E-state index in [-0.39, 0.29) is 25.7 Å². The first-order chi connectivity index (χ1) is 51.7. The second kappa shape index (κ2) is 77.3. The number of unbranched alkanes of at least 4 members (excludes halogenated alkanes) is 17. The number of hydrogen-bond donors (Lipinski definition) is 3. The Bertz CT molecular complexity index is 2730. The zero-order valence-corrected chi connectivity index (χ0v) is 67.3. The monoisotopic (exact) mass is 1520 g/mol. The van der Waals surface area contributed by atoms with Gasteiger partial charge in [-0.05, 0) is 161 Å². The predicted octanol–water partition coefficient (Wildman–Crippen LogP) is 23.6. The zero-order chi connectivity index (χ0) is 77.4. The van der Waals surface area contributed by atoms with E-state index in [1.54, 1.807) is 0 Å². The fourth-order valence-electron chi connectivity index (χ4n) is 9.88. The molecule has 0 aromatic heterocycles. The van der Waals surface area contributed by atoms with Crippen LogP contribution in [0.25, 0.3) is 0 Å². The highest BCUT2D eigenvalue weighted by Gasteiger charge is 2.30. The summed E-state index contributed by atoms with van der Waals surface area (Å²) in [4.78, 5) is 73.0. The standard InChI is InChI=1S/C87H140O17P2/c1-5-9-13-17-21-25-29-33-37-39-40-42-46-48-52-56-60-64-68-72-85(90)98-78-83(104-87(92)74-70-66-62-58-54-50-44-36-32-28-24-20-16-12-8-4)80-102-106(95,96)100-76-81(88)75-99-105(93,94)101-79-82(103-86(91)73-69-65-61-57-53-49-43-35-31-27-23-19-15-11-7-3)77-97-84(89)71-67-63-59-55-51-47-45-41-38-34-30-26-22-18-14-10-6-2/h9-11,13-15,21-23,25-27,33-38,40,42-45,47-48,52,55,59-60,64,81-83,88H,5-8,12,16-20,24,28-32,39,41,46,49-51,53-54,56-58,61-63,65-80H2,1-4H3,(H,93,94)(H,95,96)/b13-9-,14-10-,15-11-,25-21-,26-22-,27-23-,37-33-,38-34-,42-40-,43-35-,44-36-,47-45-,52-48-,59-55-,64-60-. The highest BCUT2D eigenvalue weighted by Crippen LogP contribution is 2.45. The maximum Gasteiger partial charge on any atom is 0.472 e. The molecule has 17 nitrogen and oxygen atoms in total. The topological polar surface area (TPSA) is 237 Å². The van der Waals surface area contributed by atoms with Crippen molar-refractivity contribution < 1.29 is 80.2 Å². The van der Waals surface area contributed by atoms with Crippen LogP contribution < -0.4 is 0 Å². The number of hydrogen-bond acceptors (Lipinski definition) is 15. The van der Waals surface area contributed by atoms with Crippen molar-refractivity contribution in [2.24, 2.45) is 0 Å². The van der Waals surface area contributed by atoms with Gasteiger partial charge in [-0.2, -0.15) is 0 Å². The van der Waals surface area contributed by atoms with Gasteiger partial charge < -0.3 is 33.8 Å². The van der Waals surface area contributed by atoms with E-state index in [9.17, 15) is 43.2 Å². The van der Waals surface area contributed by atoms with Crippen molar-refractivity contribution in [2.45, 2.75) is 303 Å². The van der Waals surface area contributed by atoms with Gasteiger partial charge in [-0.3, -0.25) is 37.3 Å². The smallest absolute Gasteiger partial charge is 0.462 e. The van der Waals surface area contributed by atoms with E-state index < -0.39 is 97.5 Å². The Labute approximate surface area is 641 Å². The van der Waals surface area contributed by atoms with Gasteiger partial charge in [-0.15, -0.1) is 0 Å². The van der Waals surface area contributed by atoms with Crippen LogP contribution in [0.1, 0.15) is 285 Å². The number of allylic oxidation sites excluding steroid dienone is 30. The number of esters is 4. The lowest BCUT2D eigenvalue weighted by Gasteiger charge is -2.21. The highest BCUT2D eigenvalue weighted by molar-refractivity contribution is 7.47. The van der Waals surface area contributed by atoms with Gasteiger partial charge in [-0.25, -0.2) is 9.13 Å². The molecule has 0 aromatic carbocycles. The van der Waals surface area contributed by atoms with Crippen LogP contribution in [0.5, 0.6) is 0 Å². The van der Waals surface area contributed by atoms with Crippen molar-refractivity contribution in [3.8, 4) is 0 Å². The summed E-state index contributed by atoms with van der Waals surface area (Å²) in [6.45, 7) is 4.33. The number of phosphoric ester groups is 2. The minimum atomic E-state index is -5.01. The third-order valence-electron chi connectivity index (χ3n) is 15.9. The van der Waals surface area contributed by atoms with Crippen LogP contribution in [-0.4, -0.2) is 96.7 Å². The first kappa shape index (κ1) is 100. The van der Waals surface area contributed by atoms with Crippen molar-refractivity contribution in [3.63, 3.8) is 0 Å². The maximum absolute atomic E-state index is 13.1. The summed E-state index contributed by atoms with van der Waals surface area (Å²) in [6.07, 6.45) is 93.2. The summed E-state index contributed by atoms with van der Waals surface area (Å²) in [6, 6.07) is 0. The first-order valence-electron chi connectivity index (χ1n) is 40.0. The maximum atomic E-state index is 13.1. The fraction of sp³-hybridized carbons (Fsp3) is 0.609. The Morgan fingerprint density at radius 2 is 0.519 bits per heavy atom. The molecule has 0 bridgehead atoms. The molecule has 0 rings (SSSR count). The highest BCUT2D eigenvalue weighted by atomic mass is 31.2. The van der Waals surface area contributed by atoms with E-state index in [1.807, 2.05) is 30.4 Å². The molecule has 0 aliphatic rings. The van der Waals surface area contributed by atoms with Crippen LogP contribution in [0.3, 0.4) is 0 Å². The number of ether oxygens (including phenoxy) is 4. The van der Waals surface area contributed by atoms with E-state index in [0.29, 0.717) is 38.5 Å². The molecule has 0 amide bonds. The first-order valence-corrected chi connectivity index (χ1v) is 43.0. The van der Waals surface area contributed by atoms with Crippen molar-refractivity contribution in [1.82, 2.24) is 0 Å². The molecule has 0 aromatic rings. The van der Waals surface area contributed by atoms with E-state index in [1.165, 1.54) is 38.5 Å². The average molecular weight is 1520 g/mol. The molecule has 5 unspecified atom stereocenters. The van der Waals surface area contributed by atoms with Crippen LogP contribution in [-0.2, 0) is 65.4 Å². The van der Waals surface area contributed by atoms with Crippen molar-refractivity contribution in [3.05, 3.63) is 182 Å². The molecule has 0 heterocycles. The van der Waals surface area contributed by atoms with Gasteiger partial charge in [0, 0.05) is 25.7 Å². The van der Waals surface area contributed by atoms with Gasteiger partial charge in [0.05, 0.1) is 26.4 Å². The van der Waals surface area contributed by atoms with Crippen molar-refractivity contribution in [1.29, 1.82) is 0 Å². The summed E-state index contributed by atoms with van der Waals surface area (Å²) in [5.41, 5.74) is 0. The second-order valence-corrected chi connectivity index (χ2v) is 28.8. The molecule has 0 aliphatic carbocycles. The van der Waals surface area contributed by atoms with Gasteiger partial charge >= 0.3 is 39.5 Å². The lowest BCUT2D eigenvalue weighted by atomic mass is 10.1. The molecular formula is C87H140O17P2. The number of aliphatic hydroxyl groups is 1. The van der Waals surface area contributed by atoms with E-state index >= 15 is 0 Å².